The van der Waals surface area contributed by atoms with Crippen LogP contribution in [0.3, 0.4) is 0 Å². The summed E-state index contributed by atoms with van der Waals surface area (Å²) in [5, 5.41) is 0. The average Bonchev–Trinajstić information content (AvgIpc) is 2.82. The molecule has 2 saturated heterocycles. The van der Waals surface area contributed by atoms with Crippen molar-refractivity contribution in [1.29, 1.82) is 0 Å². The van der Waals surface area contributed by atoms with E-state index in [1.807, 2.05) is 34.8 Å². The monoisotopic (exact) mass is 424 g/mol. The molecule has 5 nitrogen and oxygen atoms in total. The van der Waals surface area contributed by atoms with Gasteiger partial charge in [0.1, 0.15) is 5.78 Å². The first kappa shape index (κ1) is 27.1. The molecule has 5 heteroatoms. The van der Waals surface area contributed by atoms with Crippen molar-refractivity contribution >= 4 is 11.7 Å². The number of hydrogen-bond donors (Lipinski definition) is 0. The zero-order chi connectivity index (χ0) is 22.5. The molecule has 0 aromatic heterocycles. The topological polar surface area (TPSA) is 49.9 Å². The number of piperidine rings is 2. The molecule has 0 N–H and O–H groups in total. The number of rotatable bonds is 5. The number of hydrogen-bond acceptors (Lipinski definition) is 4. The van der Waals surface area contributed by atoms with Crippen LogP contribution < -0.4 is 0 Å². The van der Waals surface area contributed by atoms with Crippen LogP contribution in [0.1, 0.15) is 86.0 Å². The number of amides is 1. The van der Waals surface area contributed by atoms with Crippen LogP contribution in [-0.2, 0) is 14.3 Å². The fourth-order valence-electron chi connectivity index (χ4n) is 5.03. The number of methoxy groups -OCH3 is 1. The van der Waals surface area contributed by atoms with Gasteiger partial charge in [-0.1, -0.05) is 27.7 Å². The second-order valence-corrected chi connectivity index (χ2v) is 8.66. The van der Waals surface area contributed by atoms with Gasteiger partial charge < -0.3 is 14.5 Å². The van der Waals surface area contributed by atoms with Crippen LogP contribution in [-0.4, -0.2) is 67.4 Å². The average molecular weight is 425 g/mol. The maximum atomic E-state index is 12.8. The highest BCUT2D eigenvalue weighted by Gasteiger charge is 2.33. The second-order valence-electron chi connectivity index (χ2n) is 8.66. The maximum absolute atomic E-state index is 12.8. The van der Waals surface area contributed by atoms with Gasteiger partial charge in [0.05, 0.1) is 6.10 Å². The Morgan fingerprint density at radius 1 is 0.767 bits per heavy atom. The van der Waals surface area contributed by atoms with Gasteiger partial charge in [0.25, 0.3) is 0 Å². The predicted molar refractivity (Wildman–Crippen MR) is 125 cm³/mol. The van der Waals surface area contributed by atoms with E-state index >= 15 is 0 Å². The van der Waals surface area contributed by atoms with Gasteiger partial charge in [0.15, 0.2) is 0 Å². The quantitative estimate of drug-likeness (QED) is 0.637. The minimum absolute atomic E-state index is 0.162. The van der Waals surface area contributed by atoms with Crippen molar-refractivity contribution in [2.24, 2.45) is 17.8 Å². The molecule has 0 spiro atoms. The van der Waals surface area contributed by atoms with Gasteiger partial charge in [-0.25, -0.2) is 0 Å². The van der Waals surface area contributed by atoms with Crippen molar-refractivity contribution in [3.63, 3.8) is 0 Å². The fourth-order valence-corrected chi connectivity index (χ4v) is 5.03. The molecule has 0 atom stereocenters. The molecule has 3 rings (SSSR count). The summed E-state index contributed by atoms with van der Waals surface area (Å²) >= 11 is 0. The van der Waals surface area contributed by atoms with E-state index in [1.54, 1.807) is 6.92 Å². The van der Waals surface area contributed by atoms with Gasteiger partial charge in [0.2, 0.25) is 5.91 Å². The van der Waals surface area contributed by atoms with Crippen molar-refractivity contribution in [2.75, 3.05) is 39.8 Å². The Kier molecular flexibility index (Phi) is 13.5. The van der Waals surface area contributed by atoms with Crippen molar-refractivity contribution < 1.29 is 14.3 Å². The molecule has 176 valence electrons. The number of ketones is 1. The molecule has 3 fully saturated rings. The lowest BCUT2D eigenvalue weighted by molar-refractivity contribution is -0.139. The minimum Gasteiger partial charge on any atom is -0.381 e. The first-order chi connectivity index (χ1) is 14.6. The highest BCUT2D eigenvalue weighted by Crippen LogP contribution is 2.31. The number of carbonyl (C=O) groups is 2. The molecule has 0 radical (unpaired) electrons. The van der Waals surface area contributed by atoms with Gasteiger partial charge in [-0.15, -0.1) is 0 Å². The number of ether oxygens (including phenoxy) is 1. The highest BCUT2D eigenvalue weighted by atomic mass is 16.5. The van der Waals surface area contributed by atoms with E-state index in [2.05, 4.69) is 9.80 Å². The van der Waals surface area contributed by atoms with E-state index in [-0.39, 0.29) is 11.8 Å². The molecule has 0 bridgehead atoms. The molecule has 0 unspecified atom stereocenters. The summed E-state index contributed by atoms with van der Waals surface area (Å²) in [5.41, 5.74) is 0. The number of likely N-dealkylation sites (tertiary alicyclic amines) is 2. The molecular weight excluding hydrogens is 376 g/mol. The van der Waals surface area contributed by atoms with E-state index in [0.717, 1.165) is 83.5 Å². The molecule has 3 aliphatic rings. The third kappa shape index (κ3) is 8.30. The Labute approximate surface area is 185 Å². The van der Waals surface area contributed by atoms with Crippen molar-refractivity contribution in [1.82, 2.24) is 9.80 Å². The van der Waals surface area contributed by atoms with Crippen LogP contribution in [0.4, 0.5) is 0 Å². The third-order valence-electron chi connectivity index (χ3n) is 6.96. The Bertz CT molecular complexity index is 473. The van der Waals surface area contributed by atoms with Gasteiger partial charge in [0, 0.05) is 51.7 Å². The third-order valence-corrected chi connectivity index (χ3v) is 6.96. The van der Waals surface area contributed by atoms with E-state index in [4.69, 9.17) is 4.74 Å². The fraction of sp³-hybridized carbons (Fsp3) is 0.920. The molecular formula is C25H48N2O3. The molecule has 30 heavy (non-hydrogen) atoms. The summed E-state index contributed by atoms with van der Waals surface area (Å²) in [6.45, 7) is 15.0. The van der Waals surface area contributed by atoms with Gasteiger partial charge in [-0.3, -0.25) is 9.59 Å². The molecule has 2 aliphatic heterocycles. The van der Waals surface area contributed by atoms with Crippen LogP contribution in [0.15, 0.2) is 0 Å². The summed E-state index contributed by atoms with van der Waals surface area (Å²) in [4.78, 5) is 29.0. The minimum atomic E-state index is 0.162. The van der Waals surface area contributed by atoms with Crippen molar-refractivity contribution in [2.45, 2.75) is 92.1 Å². The van der Waals surface area contributed by atoms with Crippen molar-refractivity contribution in [3.05, 3.63) is 0 Å². The Morgan fingerprint density at radius 3 is 1.73 bits per heavy atom. The number of carbonyl (C=O) groups excluding carboxylic acids is 2. The number of nitrogens with zero attached hydrogens (tertiary/aromatic N) is 2. The second kappa shape index (κ2) is 15.0. The van der Waals surface area contributed by atoms with Crippen molar-refractivity contribution in [3.8, 4) is 0 Å². The zero-order valence-corrected chi connectivity index (χ0v) is 20.6. The molecule has 2 heterocycles. The summed E-state index contributed by atoms with van der Waals surface area (Å²) in [6.07, 6.45) is 8.63. The first-order valence-corrected chi connectivity index (χ1v) is 12.6. The SMILES string of the molecule is CC.CC.COC1CCN(CC2CCN(C(=O)C3CCC(C(C)=O)CC3)CC2)CC1. The van der Waals surface area contributed by atoms with E-state index in [1.165, 1.54) is 6.54 Å². The first-order valence-electron chi connectivity index (χ1n) is 12.6. The largest absolute Gasteiger partial charge is 0.381 e. The van der Waals surface area contributed by atoms with E-state index in [9.17, 15) is 9.59 Å². The van der Waals surface area contributed by atoms with Gasteiger partial charge in [-0.05, 0) is 64.2 Å². The Morgan fingerprint density at radius 2 is 1.27 bits per heavy atom. The van der Waals surface area contributed by atoms with Gasteiger partial charge >= 0.3 is 0 Å². The summed E-state index contributed by atoms with van der Waals surface area (Å²) < 4.78 is 5.46. The molecule has 1 saturated carbocycles. The lowest BCUT2D eigenvalue weighted by atomic mass is 9.79. The maximum Gasteiger partial charge on any atom is 0.225 e. The zero-order valence-electron chi connectivity index (χ0n) is 20.6. The number of Topliss-reactive ketones (excluding diaryl/α,β-unsaturated/α-hetero) is 1. The Balaban J connectivity index is 0.00000106. The standard InChI is InChI=1S/C21H36N2O3.2C2H6/c1-16(24)18-3-5-19(6-4-18)21(25)23-13-7-17(8-14-23)15-22-11-9-20(26-2)10-12-22;2*1-2/h17-20H,3-15H2,1-2H3;2*1-2H3. The van der Waals surface area contributed by atoms with Gasteiger partial charge in [-0.2, -0.15) is 0 Å². The summed E-state index contributed by atoms with van der Waals surface area (Å²) in [7, 11) is 1.82. The van der Waals surface area contributed by atoms with E-state index < -0.39 is 0 Å². The van der Waals surface area contributed by atoms with Crippen LogP contribution in [0.25, 0.3) is 0 Å². The Hall–Kier alpha value is -0.940. The lowest BCUT2D eigenvalue weighted by Crippen LogP contribution is -2.46. The highest BCUT2D eigenvalue weighted by molar-refractivity contribution is 5.81. The van der Waals surface area contributed by atoms with Crippen LogP contribution in [0, 0.1) is 17.8 Å². The molecule has 0 aromatic carbocycles. The normalized spacial score (nSPS) is 26.1. The van der Waals surface area contributed by atoms with Crippen LogP contribution >= 0.6 is 0 Å². The molecule has 1 amide bonds. The van der Waals surface area contributed by atoms with Crippen LogP contribution in [0.2, 0.25) is 0 Å². The molecule has 1 aliphatic carbocycles. The van der Waals surface area contributed by atoms with Crippen LogP contribution in [0.5, 0.6) is 0 Å². The smallest absolute Gasteiger partial charge is 0.225 e. The predicted octanol–water partition coefficient (Wildman–Crippen LogP) is 4.78. The van der Waals surface area contributed by atoms with E-state index in [0.29, 0.717) is 17.8 Å². The lowest BCUT2D eigenvalue weighted by Gasteiger charge is -2.39. The summed E-state index contributed by atoms with van der Waals surface area (Å²) in [6, 6.07) is 0. The molecule has 0 aromatic rings. The summed E-state index contributed by atoms with van der Waals surface area (Å²) in [5.74, 6) is 1.74.